The average Bonchev–Trinajstić information content (AvgIpc) is 3.24. The second-order valence-corrected chi connectivity index (χ2v) is 16.7. The topological polar surface area (TPSA) is 202 Å². The van der Waals surface area contributed by atoms with Crippen LogP contribution in [0.2, 0.25) is 0 Å². The van der Waals surface area contributed by atoms with Gasteiger partial charge in [0, 0.05) is 43.2 Å². The number of rotatable bonds is 28. The number of hydrogen-bond acceptors (Lipinski definition) is 10. The minimum Gasteiger partial charge on any atom is -0.395 e. The van der Waals surface area contributed by atoms with Gasteiger partial charge in [-0.3, -0.25) is 9.59 Å². The summed E-state index contributed by atoms with van der Waals surface area (Å²) in [5, 5.41) is 88.2. The van der Waals surface area contributed by atoms with Gasteiger partial charge >= 0.3 is 0 Å². The van der Waals surface area contributed by atoms with Crippen molar-refractivity contribution in [3.8, 4) is 0 Å². The second-order valence-electron chi connectivity index (χ2n) is 16.7. The van der Waals surface area contributed by atoms with Crippen molar-refractivity contribution in [1.82, 2.24) is 9.80 Å². The lowest BCUT2D eigenvalue weighted by molar-refractivity contribution is -0.459. The first-order valence-electron chi connectivity index (χ1n) is 22.1. The Bertz CT molecular complexity index is 1540. The van der Waals surface area contributed by atoms with E-state index in [2.05, 4.69) is 13.8 Å². The molecule has 0 heterocycles. The van der Waals surface area contributed by atoms with Gasteiger partial charge in [0.25, 0.3) is 11.8 Å². The molecule has 2 aliphatic carbocycles. The molecule has 2 aromatic carbocycles. The molecule has 3 unspecified atom stereocenters. The standard InChI is InChI=1S/C46H72N2O10/c1-3-5-7-9-11-13-15-17-27-47(29-31-49)42(54)36-23-19-34(20-24-36)39-41(53)45(57)40(44(56,38(52)33-51)46(39,45)58)35-21-25-37(26-22-35)43(55)48(30-32-50)28-18-16-14-12-10-8-6-4-2/h19-26,38-41,49-53,56-58H,3-18,27-33H2,1-2H3/t38-,39?,40?,41?,44+,45+,46+/m1/s1. The Labute approximate surface area is 345 Å². The maximum absolute atomic E-state index is 13.5. The SMILES string of the molecule is CCCCCCCCCCN(CCO)C(=O)c1ccc(C2C(O)[C@@]3(O)C(c4ccc(C(=O)N(CCO)CCCCCCCCCC)cc4)[C@@](O)([C@H](O)CO)[C@@]23O)cc1. The molecule has 8 N–H and O–H groups in total. The summed E-state index contributed by atoms with van der Waals surface area (Å²) >= 11 is 0. The molecule has 2 aromatic rings. The maximum Gasteiger partial charge on any atom is 0.253 e. The van der Waals surface area contributed by atoms with Crippen molar-refractivity contribution in [2.24, 2.45) is 0 Å². The minimum absolute atomic E-state index is 0.165. The Morgan fingerprint density at radius 2 is 0.966 bits per heavy atom. The van der Waals surface area contributed by atoms with E-state index in [0.29, 0.717) is 29.8 Å². The number of benzene rings is 2. The van der Waals surface area contributed by atoms with Crippen molar-refractivity contribution >= 4 is 11.8 Å². The molecule has 2 saturated carbocycles. The van der Waals surface area contributed by atoms with Gasteiger partial charge in [-0.25, -0.2) is 0 Å². The Balaban J connectivity index is 1.45. The first-order valence-corrected chi connectivity index (χ1v) is 22.1. The largest absolute Gasteiger partial charge is 0.395 e. The molecule has 0 spiro atoms. The number of carbonyl (C=O) groups is 2. The third-order valence-electron chi connectivity index (χ3n) is 12.9. The van der Waals surface area contributed by atoms with E-state index in [0.717, 1.165) is 51.4 Å². The number of aliphatic hydroxyl groups is 8. The summed E-state index contributed by atoms with van der Waals surface area (Å²) in [5.74, 6) is -3.31. The second kappa shape index (κ2) is 22.6. The van der Waals surface area contributed by atoms with E-state index in [1.54, 1.807) is 9.80 Å². The van der Waals surface area contributed by atoms with Crippen LogP contribution in [0.1, 0.15) is 160 Å². The van der Waals surface area contributed by atoms with Crippen molar-refractivity contribution in [2.45, 2.75) is 157 Å². The van der Waals surface area contributed by atoms with E-state index in [-0.39, 0.29) is 43.7 Å². The van der Waals surface area contributed by atoms with Crippen LogP contribution in [0, 0.1) is 0 Å². The predicted octanol–water partition coefficient (Wildman–Crippen LogP) is 4.64. The molecule has 0 aromatic heterocycles. The summed E-state index contributed by atoms with van der Waals surface area (Å²) in [6.07, 6.45) is 14.3. The van der Waals surface area contributed by atoms with Crippen LogP contribution in [0.25, 0.3) is 0 Å². The first kappa shape index (κ1) is 47.7. The number of nitrogens with zero attached hydrogens (tertiary/aromatic N) is 2. The molecule has 7 atom stereocenters. The number of amides is 2. The van der Waals surface area contributed by atoms with Gasteiger partial charge in [-0.15, -0.1) is 0 Å². The Kier molecular flexibility index (Phi) is 18.6. The van der Waals surface area contributed by atoms with Crippen LogP contribution in [-0.2, 0) is 0 Å². The van der Waals surface area contributed by atoms with Gasteiger partial charge in [-0.2, -0.15) is 0 Å². The monoisotopic (exact) mass is 813 g/mol. The van der Waals surface area contributed by atoms with Crippen LogP contribution in [0.4, 0.5) is 0 Å². The molecule has 58 heavy (non-hydrogen) atoms. The summed E-state index contributed by atoms with van der Waals surface area (Å²) in [6, 6.07) is 12.1. The van der Waals surface area contributed by atoms with Gasteiger partial charge in [-0.1, -0.05) is 128 Å². The molecule has 0 radical (unpaired) electrons. The number of fused-ring (bicyclic) bond motifs is 1. The van der Waals surface area contributed by atoms with E-state index in [1.807, 2.05) is 0 Å². The van der Waals surface area contributed by atoms with Crippen LogP contribution >= 0.6 is 0 Å². The number of unbranched alkanes of at least 4 members (excludes halogenated alkanes) is 14. The van der Waals surface area contributed by atoms with Crippen molar-refractivity contribution in [3.63, 3.8) is 0 Å². The zero-order chi connectivity index (χ0) is 42.3. The number of aliphatic hydroxyl groups excluding tert-OH is 5. The third-order valence-corrected chi connectivity index (χ3v) is 12.9. The Hall–Kier alpha value is -2.94. The van der Waals surface area contributed by atoms with Gasteiger partial charge in [0.1, 0.15) is 22.9 Å². The third kappa shape index (κ3) is 9.81. The van der Waals surface area contributed by atoms with Gasteiger partial charge in [0.15, 0.2) is 0 Å². The van der Waals surface area contributed by atoms with Crippen molar-refractivity contribution in [2.75, 3.05) is 46.0 Å². The highest BCUT2D eigenvalue weighted by Gasteiger charge is 2.93. The van der Waals surface area contributed by atoms with Crippen LogP contribution in [-0.4, -0.2) is 137 Å². The molecule has 2 fully saturated rings. The fourth-order valence-corrected chi connectivity index (χ4v) is 9.58. The molecular weight excluding hydrogens is 741 g/mol. The molecule has 0 aliphatic heterocycles. The van der Waals surface area contributed by atoms with Crippen molar-refractivity contribution < 1.29 is 50.4 Å². The van der Waals surface area contributed by atoms with Gasteiger partial charge in [-0.05, 0) is 48.2 Å². The molecule has 0 bridgehead atoms. The molecule has 12 nitrogen and oxygen atoms in total. The van der Waals surface area contributed by atoms with Crippen LogP contribution in [0.3, 0.4) is 0 Å². The Morgan fingerprint density at radius 1 is 0.586 bits per heavy atom. The fraction of sp³-hybridized carbons (Fsp3) is 0.696. The van der Waals surface area contributed by atoms with E-state index in [4.69, 9.17) is 0 Å². The van der Waals surface area contributed by atoms with Crippen LogP contribution < -0.4 is 0 Å². The zero-order valence-electron chi connectivity index (χ0n) is 35.0. The molecule has 4 rings (SSSR count). The predicted molar refractivity (Wildman–Crippen MR) is 224 cm³/mol. The highest BCUT2D eigenvalue weighted by atomic mass is 16.5. The van der Waals surface area contributed by atoms with Crippen molar-refractivity contribution in [1.29, 1.82) is 0 Å². The van der Waals surface area contributed by atoms with Gasteiger partial charge < -0.3 is 50.7 Å². The fourth-order valence-electron chi connectivity index (χ4n) is 9.58. The van der Waals surface area contributed by atoms with Crippen molar-refractivity contribution in [3.05, 3.63) is 70.8 Å². The van der Waals surface area contributed by atoms with Crippen LogP contribution in [0.5, 0.6) is 0 Å². The minimum atomic E-state index is -2.52. The smallest absolute Gasteiger partial charge is 0.253 e. The normalized spacial score (nSPS) is 25.4. The van der Waals surface area contributed by atoms with E-state index < -0.39 is 47.5 Å². The molecular formula is C46H72N2O10. The van der Waals surface area contributed by atoms with Crippen LogP contribution in [0.15, 0.2) is 48.5 Å². The summed E-state index contributed by atoms with van der Waals surface area (Å²) in [7, 11) is 0. The molecule has 0 saturated heterocycles. The average molecular weight is 813 g/mol. The van der Waals surface area contributed by atoms with Gasteiger partial charge in [0.2, 0.25) is 0 Å². The first-order chi connectivity index (χ1) is 27.9. The number of carbonyl (C=O) groups excluding carboxylic acids is 2. The van der Waals surface area contributed by atoms with E-state index in [1.165, 1.54) is 99.9 Å². The summed E-state index contributed by atoms with van der Waals surface area (Å²) in [4.78, 5) is 30.1. The maximum atomic E-state index is 13.5. The van der Waals surface area contributed by atoms with Gasteiger partial charge in [0.05, 0.1) is 31.8 Å². The molecule has 12 heteroatoms. The highest BCUT2D eigenvalue weighted by molar-refractivity contribution is 5.95. The quantitative estimate of drug-likeness (QED) is 0.0560. The zero-order valence-corrected chi connectivity index (χ0v) is 35.0. The van der Waals surface area contributed by atoms with E-state index >= 15 is 0 Å². The lowest BCUT2D eigenvalue weighted by Gasteiger charge is -2.80. The highest BCUT2D eigenvalue weighted by Crippen LogP contribution is 2.75. The molecule has 2 aliphatic rings. The summed E-state index contributed by atoms with van der Waals surface area (Å²) in [6.45, 7) is 4.36. The Morgan fingerprint density at radius 3 is 1.34 bits per heavy atom. The molecule has 2 amide bonds. The number of hydrogen-bond donors (Lipinski definition) is 8. The summed E-state index contributed by atoms with van der Waals surface area (Å²) in [5.41, 5.74) is -6.19. The van der Waals surface area contributed by atoms with E-state index in [9.17, 15) is 50.4 Å². The summed E-state index contributed by atoms with van der Waals surface area (Å²) < 4.78 is 0. The molecule has 326 valence electrons. The lowest BCUT2D eigenvalue weighted by atomic mass is 9.30. The lowest BCUT2D eigenvalue weighted by Crippen LogP contribution is -2.99.